The van der Waals surface area contributed by atoms with E-state index in [1.54, 1.807) is 12.2 Å². The number of aliphatic hydroxyl groups excluding tert-OH is 2. The van der Waals surface area contributed by atoms with Gasteiger partial charge in [-0.1, -0.05) is 133 Å². The van der Waals surface area contributed by atoms with Crippen LogP contribution in [0.2, 0.25) is 0 Å². The Balaban J connectivity index is 1.85. The molecule has 1 saturated heterocycles. The third kappa shape index (κ3) is 30.7. The quantitative estimate of drug-likeness (QED) is 0.0102. The monoisotopic (exact) mass is 1040 g/mol. The van der Waals surface area contributed by atoms with E-state index in [9.17, 15) is 48.3 Å². The number of carbonyl (C=O) groups excluding carboxylic acids is 3. The Kier molecular flexibility index (Phi) is 33.7. The molecule has 19 nitrogen and oxygen atoms in total. The van der Waals surface area contributed by atoms with Crippen LogP contribution in [0.25, 0.3) is 0 Å². The van der Waals surface area contributed by atoms with Crippen molar-refractivity contribution in [3.05, 3.63) is 83.5 Å². The first-order valence-corrected chi connectivity index (χ1v) is 28.2. The van der Waals surface area contributed by atoms with Gasteiger partial charge in [-0.25, -0.2) is 13.9 Å². The smallest absolute Gasteiger partial charge is 0.462 e. The zero-order valence-electron chi connectivity index (χ0n) is 41.8. The summed E-state index contributed by atoms with van der Waals surface area (Å²) in [5.74, 6) is -1.29. The number of aliphatic hydroxyl groups is 2. The minimum atomic E-state index is -5.45. The number of anilines is 1. The van der Waals surface area contributed by atoms with Crippen LogP contribution in [0.15, 0.2) is 77.8 Å². The molecule has 402 valence electrons. The molecule has 0 radical (unpaired) electrons. The zero-order valence-corrected chi connectivity index (χ0v) is 43.5. The number of unbranched alkanes of at least 4 members (excludes halogenated alkanes) is 14. The number of hydrogen-bond donors (Lipinski definition) is 5. The highest BCUT2D eigenvalue weighted by Crippen LogP contribution is 2.60. The normalized spacial score (nSPS) is 19.6. The predicted octanol–water partition coefficient (Wildman–Crippen LogP) is 9.51. The Morgan fingerprint density at radius 2 is 1.28 bits per heavy atom. The van der Waals surface area contributed by atoms with Crippen LogP contribution in [0.1, 0.15) is 168 Å². The number of ether oxygens (including phenoxy) is 3. The summed E-state index contributed by atoms with van der Waals surface area (Å²) < 4.78 is 56.6. The van der Waals surface area contributed by atoms with Crippen molar-refractivity contribution in [1.29, 1.82) is 0 Å². The van der Waals surface area contributed by atoms with E-state index in [2.05, 4.69) is 35.3 Å². The summed E-state index contributed by atoms with van der Waals surface area (Å²) in [6, 6.07) is 1.24. The molecule has 1 fully saturated rings. The number of rotatable bonds is 41. The number of nitrogens with zero attached hydrogens (tertiary/aromatic N) is 2. The molecule has 2 heterocycles. The summed E-state index contributed by atoms with van der Waals surface area (Å²) in [6.45, 7) is 1.91. The van der Waals surface area contributed by atoms with Crippen LogP contribution >= 0.6 is 15.6 Å². The summed E-state index contributed by atoms with van der Waals surface area (Å²) in [5.41, 5.74) is 4.57. The second-order valence-electron chi connectivity index (χ2n) is 17.3. The van der Waals surface area contributed by atoms with Crippen molar-refractivity contribution in [2.75, 3.05) is 25.6 Å². The Morgan fingerprint density at radius 3 is 1.97 bits per heavy atom. The minimum Gasteiger partial charge on any atom is -0.462 e. The molecule has 1 aromatic heterocycles. The number of aromatic nitrogens is 2. The lowest BCUT2D eigenvalue weighted by Crippen LogP contribution is -2.36. The summed E-state index contributed by atoms with van der Waals surface area (Å²) in [6.07, 6.45) is 32.9. The number of nitrogen functional groups attached to an aromatic ring is 1. The highest BCUT2D eigenvalue weighted by Gasteiger charge is 2.46. The maximum Gasteiger partial charge on any atom is 0.481 e. The lowest BCUT2D eigenvalue weighted by atomic mass is 10.1. The second-order valence-corrected chi connectivity index (χ2v) is 20.4. The van der Waals surface area contributed by atoms with E-state index in [0.717, 1.165) is 68.6 Å². The van der Waals surface area contributed by atoms with Gasteiger partial charge in [0.05, 0.1) is 13.2 Å². The van der Waals surface area contributed by atoms with Crippen molar-refractivity contribution >= 4 is 39.2 Å². The average Bonchev–Trinajstić information content (AvgIpc) is 3.60. The first-order chi connectivity index (χ1) is 34.1. The van der Waals surface area contributed by atoms with Crippen LogP contribution in [0.4, 0.5) is 5.82 Å². The second kappa shape index (κ2) is 37.8. The van der Waals surface area contributed by atoms with Crippen LogP contribution in [0.5, 0.6) is 0 Å². The van der Waals surface area contributed by atoms with E-state index in [4.69, 9.17) is 29.0 Å². The number of allylic oxidation sites excluding steroid dienone is 10. The van der Waals surface area contributed by atoms with Gasteiger partial charge in [-0.05, 0) is 76.4 Å². The molecular weight excluding hydrogens is 961 g/mol. The Morgan fingerprint density at radius 1 is 0.718 bits per heavy atom. The average molecular weight is 1040 g/mol. The van der Waals surface area contributed by atoms with Gasteiger partial charge in [0.25, 0.3) is 0 Å². The first-order valence-electron chi connectivity index (χ1n) is 25.3. The fourth-order valence-corrected chi connectivity index (χ4v) is 9.19. The van der Waals surface area contributed by atoms with Crippen LogP contribution in [0, 0.1) is 0 Å². The van der Waals surface area contributed by atoms with Gasteiger partial charge in [-0.2, -0.15) is 9.29 Å². The van der Waals surface area contributed by atoms with Crippen molar-refractivity contribution in [2.24, 2.45) is 0 Å². The highest BCUT2D eigenvalue weighted by atomic mass is 31.3. The van der Waals surface area contributed by atoms with E-state index in [1.807, 2.05) is 36.5 Å². The fraction of sp³-hybridized carbons (Fsp3) is 0.660. The predicted molar refractivity (Wildman–Crippen MR) is 271 cm³/mol. The molecule has 0 amide bonds. The van der Waals surface area contributed by atoms with Gasteiger partial charge in [0.15, 0.2) is 18.1 Å². The van der Waals surface area contributed by atoms with Gasteiger partial charge in [0.2, 0.25) is 0 Å². The topological polar surface area (TPSA) is 283 Å². The van der Waals surface area contributed by atoms with Crippen LogP contribution in [-0.2, 0) is 51.1 Å². The number of carbonyl (C=O) groups is 3. The first kappa shape index (κ1) is 63.2. The molecule has 1 aliphatic heterocycles. The van der Waals surface area contributed by atoms with Gasteiger partial charge in [-0.15, -0.1) is 0 Å². The molecule has 2 unspecified atom stereocenters. The Hall–Kier alpha value is -3.87. The van der Waals surface area contributed by atoms with Crippen LogP contribution in [0.3, 0.4) is 0 Å². The molecule has 2 rings (SSSR count). The highest BCUT2D eigenvalue weighted by molar-refractivity contribution is 7.61. The van der Waals surface area contributed by atoms with Gasteiger partial charge >= 0.3 is 33.3 Å². The molecule has 0 spiro atoms. The Labute approximate surface area is 419 Å². The van der Waals surface area contributed by atoms with Crippen molar-refractivity contribution in [2.45, 2.75) is 192 Å². The molecular formula is C50H81N3O16P2. The number of phosphoric acid groups is 2. The number of nitrogens with two attached hydrogens (primary N) is 1. The van der Waals surface area contributed by atoms with Crippen molar-refractivity contribution < 1.29 is 71.1 Å². The van der Waals surface area contributed by atoms with Gasteiger partial charge in [0, 0.05) is 25.5 Å². The molecule has 1 aliphatic rings. The van der Waals surface area contributed by atoms with Gasteiger partial charge in [0.1, 0.15) is 30.7 Å². The number of ketones is 1. The SMILES string of the molecule is CCCCCCCC/C=C\CCCCCCCC(=O)OC[C@H](COP(=O)(O)OP(=O)(O)OC[C@H]1O[C@@H](n2ccc(N)nc2=O)[C@H](O)[C@@H]1O)OC(=O)CCC/C=C\C/C=C\C/C=C\C=C\C(=O)CCCCC. The summed E-state index contributed by atoms with van der Waals surface area (Å²) in [5, 5.41) is 20.9. The van der Waals surface area contributed by atoms with E-state index >= 15 is 0 Å². The van der Waals surface area contributed by atoms with Gasteiger partial charge in [-0.3, -0.25) is 28.0 Å². The molecule has 21 heteroatoms. The number of hydrogen-bond acceptors (Lipinski definition) is 16. The summed E-state index contributed by atoms with van der Waals surface area (Å²) in [7, 11) is -10.9. The van der Waals surface area contributed by atoms with E-state index in [-0.39, 0.29) is 24.4 Å². The number of phosphoric ester groups is 2. The standard InChI is InChI=1S/C50H81N3O16P2/c1-3-5-7-8-9-10-11-12-13-14-17-20-23-26-30-34-45(55)64-38-42(67-46(56)35-31-27-24-21-18-15-16-19-22-25-29-33-41(54)32-28-6-4-2)39-65-70(60,61)69-71(62,63)66-40-43-47(57)48(58)49(68-43)53-37-36-44(51)52-50(53)59/h12-13,15-16,21-22,24-25,29,33,36-37,42-43,47-49,57-58H,3-11,14,17-20,23,26-28,30-32,34-35,38-40H2,1-2H3,(H,60,61)(H,62,63)(H2,51,52,59)/b13-12-,16-15-,24-21-,25-22-,33-29+/t42-,43-,47-,48-,49-/m1/s1. The molecule has 6 N–H and O–H groups in total. The minimum absolute atomic E-state index is 0.0555. The van der Waals surface area contributed by atoms with Crippen LogP contribution in [-0.4, -0.2) is 91.5 Å². The molecule has 1 aromatic rings. The lowest BCUT2D eigenvalue weighted by molar-refractivity contribution is -0.161. The van der Waals surface area contributed by atoms with Crippen molar-refractivity contribution in [3.8, 4) is 0 Å². The maximum atomic E-state index is 12.8. The molecule has 7 atom stereocenters. The van der Waals surface area contributed by atoms with Crippen molar-refractivity contribution in [3.63, 3.8) is 0 Å². The van der Waals surface area contributed by atoms with Crippen molar-refractivity contribution in [1.82, 2.24) is 9.55 Å². The third-order valence-electron chi connectivity index (χ3n) is 11.1. The van der Waals surface area contributed by atoms with Gasteiger partial charge < -0.3 is 39.9 Å². The summed E-state index contributed by atoms with van der Waals surface area (Å²) >= 11 is 0. The van der Waals surface area contributed by atoms with E-state index in [1.165, 1.54) is 44.6 Å². The van der Waals surface area contributed by atoms with Crippen LogP contribution < -0.4 is 11.4 Å². The largest absolute Gasteiger partial charge is 0.481 e. The molecule has 71 heavy (non-hydrogen) atoms. The van der Waals surface area contributed by atoms with E-state index < -0.39 is 83.7 Å². The lowest BCUT2D eigenvalue weighted by Gasteiger charge is -2.21. The molecule has 0 bridgehead atoms. The third-order valence-corrected chi connectivity index (χ3v) is 13.7. The van der Waals surface area contributed by atoms with E-state index in [0.29, 0.717) is 38.5 Å². The number of esters is 2. The fourth-order valence-electron chi connectivity index (χ4n) is 7.08. The Bertz CT molecular complexity index is 1990. The molecule has 0 saturated carbocycles. The molecule has 0 aliphatic carbocycles. The zero-order chi connectivity index (χ0) is 52.2. The molecule has 0 aromatic carbocycles. The summed E-state index contributed by atoms with van der Waals surface area (Å²) in [4.78, 5) is 73.6. The maximum absolute atomic E-state index is 12.8.